The summed E-state index contributed by atoms with van der Waals surface area (Å²) in [5.74, 6) is 0. The molecule has 16 aromatic rings. The highest BCUT2D eigenvalue weighted by Crippen LogP contribution is 2.48. The van der Waals surface area contributed by atoms with E-state index in [9.17, 15) is 13.2 Å². The molecule has 450 valence electrons. The zero-order valence-corrected chi connectivity index (χ0v) is 49.8. The van der Waals surface area contributed by atoms with Gasteiger partial charge in [-0.15, -0.1) is 0 Å². The van der Waals surface area contributed by atoms with Crippen molar-refractivity contribution in [3.05, 3.63) is 314 Å². The molecule has 0 radical (unpaired) electrons. The number of hydrogen-bond acceptors (Lipinski definition) is 4. The molecule has 6 nitrogen and oxygen atoms in total. The smallest absolute Gasteiger partial charge is 0.307 e. The minimum absolute atomic E-state index is 0.110. The summed E-state index contributed by atoms with van der Waals surface area (Å²) in [4.78, 5) is 20.6. The van der Waals surface area contributed by atoms with Gasteiger partial charge in [0, 0.05) is 66.1 Å². The zero-order valence-electron chi connectivity index (χ0n) is 49.8. The molecule has 0 unspecified atom stereocenters. The summed E-state index contributed by atoms with van der Waals surface area (Å²) >= 11 is 0. The van der Waals surface area contributed by atoms with Gasteiger partial charge in [-0.1, -0.05) is 182 Å². The summed E-state index contributed by atoms with van der Waals surface area (Å²) in [6.45, 7) is 0. The molecular formula is C82H50F6N6. The molecule has 0 N–H and O–H groups in total. The Kier molecular flexibility index (Phi) is 14.0. The van der Waals surface area contributed by atoms with Crippen LogP contribution in [0, 0.1) is 0 Å². The highest BCUT2D eigenvalue weighted by molar-refractivity contribution is 6.14. The fraction of sp³-hybridized carbons (Fsp3) is 0.0244. The van der Waals surface area contributed by atoms with Gasteiger partial charge in [0.25, 0.3) is 0 Å². The van der Waals surface area contributed by atoms with Crippen molar-refractivity contribution in [1.29, 1.82) is 0 Å². The monoisotopic (exact) mass is 1230 g/mol. The van der Waals surface area contributed by atoms with E-state index in [1.165, 1.54) is 12.1 Å². The van der Waals surface area contributed by atoms with Crippen LogP contribution >= 0.6 is 0 Å². The minimum Gasteiger partial charge on any atom is -0.307 e. The maximum atomic E-state index is 16.5. The molecule has 94 heavy (non-hydrogen) atoms. The van der Waals surface area contributed by atoms with Crippen LogP contribution in [0.3, 0.4) is 0 Å². The van der Waals surface area contributed by atoms with Gasteiger partial charge in [-0.25, -0.2) is 19.9 Å². The lowest BCUT2D eigenvalue weighted by atomic mass is 9.95. The van der Waals surface area contributed by atoms with Crippen LogP contribution in [0.15, 0.2) is 303 Å². The van der Waals surface area contributed by atoms with E-state index in [1.54, 1.807) is 0 Å². The van der Waals surface area contributed by atoms with Crippen LogP contribution < -0.4 is 0 Å². The number of nitrogens with zero attached hydrogens (tertiary/aromatic N) is 6. The Bertz CT molecular complexity index is 5310. The number of rotatable bonds is 11. The molecule has 6 heterocycles. The van der Waals surface area contributed by atoms with Crippen LogP contribution in [0.5, 0.6) is 0 Å². The Morgan fingerprint density at radius 2 is 0.500 bits per heavy atom. The van der Waals surface area contributed by atoms with E-state index in [2.05, 4.69) is 0 Å². The predicted octanol–water partition coefficient (Wildman–Crippen LogP) is 22.5. The fourth-order valence-corrected chi connectivity index (χ4v) is 12.9. The Morgan fingerprint density at radius 3 is 0.798 bits per heavy atom. The van der Waals surface area contributed by atoms with Crippen LogP contribution in [-0.4, -0.2) is 29.1 Å². The summed E-state index contributed by atoms with van der Waals surface area (Å²) in [5.41, 5.74) is 12.4. The lowest BCUT2D eigenvalue weighted by Gasteiger charge is -2.22. The van der Waals surface area contributed by atoms with E-state index in [0.29, 0.717) is 55.6 Å². The number of aromatic nitrogens is 6. The van der Waals surface area contributed by atoms with Crippen molar-refractivity contribution in [2.24, 2.45) is 0 Å². The van der Waals surface area contributed by atoms with Gasteiger partial charge in [0.15, 0.2) is 0 Å². The molecule has 0 aliphatic heterocycles. The molecule has 0 amide bonds. The maximum absolute atomic E-state index is 16.5. The largest absolute Gasteiger partial charge is 0.417 e. The van der Waals surface area contributed by atoms with Crippen molar-refractivity contribution in [2.45, 2.75) is 12.4 Å². The minimum atomic E-state index is -5.08. The quantitative estimate of drug-likeness (QED) is 0.121. The van der Waals surface area contributed by atoms with Gasteiger partial charge >= 0.3 is 12.4 Å². The highest BCUT2D eigenvalue weighted by Gasteiger charge is 2.38. The second-order valence-corrected chi connectivity index (χ2v) is 23.2. The summed E-state index contributed by atoms with van der Waals surface area (Å²) in [6, 6.07) is 93.0. The van der Waals surface area contributed by atoms with Crippen LogP contribution in [-0.2, 0) is 12.4 Å². The van der Waals surface area contributed by atoms with Crippen LogP contribution in [0.1, 0.15) is 11.1 Å². The highest BCUT2D eigenvalue weighted by atomic mass is 19.4. The van der Waals surface area contributed by atoms with Crippen LogP contribution in [0.4, 0.5) is 26.3 Å². The van der Waals surface area contributed by atoms with Crippen LogP contribution in [0.2, 0.25) is 0 Å². The lowest BCUT2D eigenvalue weighted by molar-refractivity contribution is -0.137. The van der Waals surface area contributed by atoms with Gasteiger partial charge in [0.1, 0.15) is 0 Å². The number of pyridine rings is 4. The summed E-state index contributed by atoms with van der Waals surface area (Å²) in [7, 11) is 0. The molecule has 0 saturated heterocycles. The van der Waals surface area contributed by atoms with Gasteiger partial charge in [-0.3, -0.25) is 0 Å². The first-order valence-electron chi connectivity index (χ1n) is 30.6. The molecule has 0 bridgehead atoms. The third-order valence-corrected chi connectivity index (χ3v) is 17.4. The molecule has 0 atom stereocenters. The third kappa shape index (κ3) is 10.5. The number of benzene rings is 10. The second-order valence-electron chi connectivity index (χ2n) is 23.2. The zero-order chi connectivity index (χ0) is 63.7. The van der Waals surface area contributed by atoms with Gasteiger partial charge in [-0.05, 0) is 132 Å². The van der Waals surface area contributed by atoms with E-state index in [1.807, 2.05) is 276 Å². The van der Waals surface area contributed by atoms with E-state index in [-0.39, 0.29) is 16.9 Å². The topological polar surface area (TPSA) is 61.4 Å². The van der Waals surface area contributed by atoms with Crippen LogP contribution in [0.25, 0.3) is 156 Å². The van der Waals surface area contributed by atoms with Crippen molar-refractivity contribution in [1.82, 2.24) is 29.1 Å². The average Bonchev–Trinajstić information content (AvgIpc) is 1.59. The lowest BCUT2D eigenvalue weighted by Crippen LogP contribution is -2.12. The van der Waals surface area contributed by atoms with Gasteiger partial charge in [0.2, 0.25) is 0 Å². The van der Waals surface area contributed by atoms with Crippen molar-refractivity contribution in [3.8, 4) is 113 Å². The van der Waals surface area contributed by atoms with Crippen molar-refractivity contribution >= 4 is 43.6 Å². The first-order valence-corrected chi connectivity index (χ1v) is 30.6. The van der Waals surface area contributed by atoms with Gasteiger partial charge in [-0.2, -0.15) is 26.3 Å². The van der Waals surface area contributed by atoms with Crippen molar-refractivity contribution in [3.63, 3.8) is 0 Å². The fourth-order valence-electron chi connectivity index (χ4n) is 12.9. The number of halogens is 6. The van der Waals surface area contributed by atoms with Crippen molar-refractivity contribution < 1.29 is 26.3 Å². The number of alkyl halides is 6. The Labute approximate surface area is 535 Å². The molecule has 10 aromatic carbocycles. The Morgan fingerprint density at radius 1 is 0.223 bits per heavy atom. The Balaban J connectivity index is 0.991. The Hall–Kier alpha value is -12.0. The first-order chi connectivity index (χ1) is 45.8. The number of fused-ring (bicyclic) bond motifs is 6. The predicted molar refractivity (Wildman–Crippen MR) is 365 cm³/mol. The average molecular weight is 1230 g/mol. The number of hydrogen-bond donors (Lipinski definition) is 0. The van der Waals surface area contributed by atoms with E-state index in [0.717, 1.165) is 102 Å². The van der Waals surface area contributed by atoms with Crippen molar-refractivity contribution in [2.75, 3.05) is 0 Å². The molecule has 6 aromatic heterocycles. The van der Waals surface area contributed by atoms with E-state index in [4.69, 9.17) is 19.9 Å². The molecule has 0 aliphatic carbocycles. The first kappa shape index (κ1) is 57.2. The maximum Gasteiger partial charge on any atom is 0.417 e. The second kappa shape index (κ2) is 23.0. The molecule has 0 saturated carbocycles. The molecule has 0 fully saturated rings. The third-order valence-electron chi connectivity index (χ3n) is 17.4. The standard InChI is InChI=1S/C82H50F6N6/c83-81(84,85)60-27-13-26-55(44-60)61-49-79(93-75-40-36-56(71-32-14-28-67(89-71)51-18-5-1-6-19-51)45-62(75)63-46-57(37-41-76(63)93)72-33-15-29-68(90-72)52-20-7-2-8-21-52)80(50-66(61)82(86,87)88)94-77-42-38-58(73-34-16-30-69(91-73)53-22-9-3-10-23-53)47-64(77)65-48-59(39-43-78(65)94)74-35-17-31-70(92-74)54-24-11-4-12-25-54/h1-50H. The summed E-state index contributed by atoms with van der Waals surface area (Å²) in [5, 5.41) is 2.88. The molecule has 16 rings (SSSR count). The van der Waals surface area contributed by atoms with E-state index >= 15 is 13.2 Å². The van der Waals surface area contributed by atoms with Gasteiger partial charge < -0.3 is 9.13 Å². The molecule has 0 aliphatic rings. The normalized spacial score (nSPS) is 11.9. The molecule has 0 spiro atoms. The summed E-state index contributed by atoms with van der Waals surface area (Å²) in [6.07, 6.45) is -9.93. The van der Waals surface area contributed by atoms with Gasteiger partial charge in [0.05, 0.1) is 90.1 Å². The summed E-state index contributed by atoms with van der Waals surface area (Å²) < 4.78 is 97.6. The molecular weight excluding hydrogens is 1180 g/mol. The SMILES string of the molecule is FC(F)(F)c1cccc(-c2cc(-n3c4ccc(-c5cccc(-c6ccccc6)n5)cc4c4cc(-c5cccc(-c6ccccc6)n5)ccc43)c(-n3c4ccc(-c5cccc(-c6ccccc6)n5)cc4c4cc(-c5cccc(-c6ccccc6)n5)ccc43)cc2C(F)(F)F)c1. The molecule has 12 heteroatoms. The van der Waals surface area contributed by atoms with E-state index < -0.39 is 29.0 Å².